The van der Waals surface area contributed by atoms with Gasteiger partial charge in [0.2, 0.25) is 0 Å². The molecule has 0 rings (SSSR count). The van der Waals surface area contributed by atoms with E-state index >= 15 is 0 Å². The second-order valence-corrected chi connectivity index (χ2v) is 6.48. The van der Waals surface area contributed by atoms with Crippen molar-refractivity contribution in [3.63, 3.8) is 0 Å². The Labute approximate surface area is 100 Å². The molecular weight excluding hydrogens is 200 g/mol. The van der Waals surface area contributed by atoms with E-state index < -0.39 is 0 Å². The SMILES string of the molecule is C=C(CC(SC(C)C)C(=C)C)C(C)CC. The third-order valence-electron chi connectivity index (χ3n) is 2.74. The van der Waals surface area contributed by atoms with Crippen LogP contribution in [0.2, 0.25) is 0 Å². The molecule has 0 nitrogen and oxygen atoms in total. The van der Waals surface area contributed by atoms with Gasteiger partial charge in [-0.2, -0.15) is 11.8 Å². The fraction of sp³-hybridized carbons (Fsp3) is 0.714. The lowest BCUT2D eigenvalue weighted by Gasteiger charge is -2.22. The third kappa shape index (κ3) is 6.09. The van der Waals surface area contributed by atoms with Crippen LogP contribution in [0.5, 0.6) is 0 Å². The second-order valence-electron chi connectivity index (χ2n) is 4.69. The molecule has 0 aromatic carbocycles. The maximum atomic E-state index is 4.20. The van der Waals surface area contributed by atoms with Crippen molar-refractivity contribution in [1.82, 2.24) is 0 Å². The highest BCUT2D eigenvalue weighted by Gasteiger charge is 2.15. The highest BCUT2D eigenvalue weighted by atomic mass is 32.2. The fourth-order valence-electron chi connectivity index (χ4n) is 1.40. The summed E-state index contributed by atoms with van der Waals surface area (Å²) in [7, 11) is 0. The first-order valence-corrected chi connectivity index (χ1v) is 6.81. The van der Waals surface area contributed by atoms with Crippen LogP contribution in [0.4, 0.5) is 0 Å². The predicted molar refractivity (Wildman–Crippen MR) is 74.5 cm³/mol. The van der Waals surface area contributed by atoms with E-state index in [2.05, 4.69) is 47.8 Å². The summed E-state index contributed by atoms with van der Waals surface area (Å²) in [5.74, 6) is 0.639. The Kier molecular flexibility index (Phi) is 7.08. The van der Waals surface area contributed by atoms with Crippen LogP contribution >= 0.6 is 11.8 Å². The Morgan fingerprint density at radius 3 is 2.07 bits per heavy atom. The highest BCUT2D eigenvalue weighted by molar-refractivity contribution is 8.00. The number of hydrogen-bond donors (Lipinski definition) is 0. The summed E-state index contributed by atoms with van der Waals surface area (Å²) in [6, 6.07) is 0. The monoisotopic (exact) mass is 226 g/mol. The molecule has 15 heavy (non-hydrogen) atoms. The first-order chi connectivity index (χ1) is 6.88. The lowest BCUT2D eigenvalue weighted by atomic mass is 9.94. The van der Waals surface area contributed by atoms with Gasteiger partial charge in [0.05, 0.1) is 0 Å². The van der Waals surface area contributed by atoms with Crippen molar-refractivity contribution in [2.45, 2.75) is 58.0 Å². The first kappa shape index (κ1) is 14.8. The largest absolute Gasteiger partial charge is 0.151 e. The van der Waals surface area contributed by atoms with Crippen LogP contribution < -0.4 is 0 Å². The van der Waals surface area contributed by atoms with E-state index in [0.29, 0.717) is 16.4 Å². The van der Waals surface area contributed by atoms with Gasteiger partial charge in [-0.1, -0.05) is 52.0 Å². The number of thioether (sulfide) groups is 1. The summed E-state index contributed by atoms with van der Waals surface area (Å²) in [6.45, 7) is 19.4. The quantitative estimate of drug-likeness (QED) is 0.546. The summed E-state index contributed by atoms with van der Waals surface area (Å²) in [5.41, 5.74) is 2.65. The zero-order chi connectivity index (χ0) is 12.0. The van der Waals surface area contributed by atoms with Crippen molar-refractivity contribution in [2.75, 3.05) is 0 Å². The Hall–Kier alpha value is -0.170. The third-order valence-corrected chi connectivity index (χ3v) is 4.18. The van der Waals surface area contributed by atoms with Crippen molar-refractivity contribution in [3.05, 3.63) is 24.3 Å². The van der Waals surface area contributed by atoms with Crippen LogP contribution in [0.1, 0.15) is 47.5 Å². The molecule has 0 aromatic heterocycles. The average Bonchev–Trinajstić information content (AvgIpc) is 2.14. The zero-order valence-corrected chi connectivity index (χ0v) is 11.8. The summed E-state index contributed by atoms with van der Waals surface area (Å²) >= 11 is 2.00. The van der Waals surface area contributed by atoms with Crippen LogP contribution in [0.25, 0.3) is 0 Å². The molecule has 0 aliphatic carbocycles. The molecule has 0 saturated heterocycles. The smallest absolute Gasteiger partial charge is 0.0290 e. The van der Waals surface area contributed by atoms with E-state index in [9.17, 15) is 0 Å². The van der Waals surface area contributed by atoms with Gasteiger partial charge in [-0.25, -0.2) is 0 Å². The van der Waals surface area contributed by atoms with Crippen LogP contribution in [-0.2, 0) is 0 Å². The zero-order valence-electron chi connectivity index (χ0n) is 11.0. The normalized spacial score (nSPS) is 15.1. The minimum Gasteiger partial charge on any atom is -0.151 e. The van der Waals surface area contributed by atoms with Gasteiger partial charge in [-0.15, -0.1) is 0 Å². The van der Waals surface area contributed by atoms with Gasteiger partial charge in [-0.05, 0) is 30.9 Å². The topological polar surface area (TPSA) is 0 Å². The van der Waals surface area contributed by atoms with Gasteiger partial charge >= 0.3 is 0 Å². The van der Waals surface area contributed by atoms with Crippen LogP contribution in [0.15, 0.2) is 24.3 Å². The second kappa shape index (κ2) is 7.16. The van der Waals surface area contributed by atoms with Gasteiger partial charge in [0, 0.05) is 5.25 Å². The molecule has 2 unspecified atom stereocenters. The maximum absolute atomic E-state index is 4.20. The van der Waals surface area contributed by atoms with Crippen molar-refractivity contribution >= 4 is 11.8 Å². The minimum atomic E-state index is 0.548. The molecule has 0 spiro atoms. The molecule has 0 N–H and O–H groups in total. The first-order valence-electron chi connectivity index (χ1n) is 5.87. The van der Waals surface area contributed by atoms with Crippen molar-refractivity contribution in [2.24, 2.45) is 5.92 Å². The van der Waals surface area contributed by atoms with Gasteiger partial charge in [0.15, 0.2) is 0 Å². The molecule has 0 saturated carbocycles. The van der Waals surface area contributed by atoms with Crippen LogP contribution in [-0.4, -0.2) is 10.5 Å². The standard InChI is InChI=1S/C14H26S/c1-8-12(6)13(7)9-14(10(2)3)15-11(4)5/h11-12,14H,2,7-9H2,1,3-6H3. The van der Waals surface area contributed by atoms with Crippen LogP contribution in [0.3, 0.4) is 0 Å². The summed E-state index contributed by atoms with van der Waals surface area (Å²) in [5, 5.41) is 1.21. The Morgan fingerprint density at radius 2 is 1.73 bits per heavy atom. The molecule has 2 atom stereocenters. The lowest BCUT2D eigenvalue weighted by molar-refractivity contribution is 0.627. The van der Waals surface area contributed by atoms with E-state index in [0.717, 1.165) is 6.42 Å². The predicted octanol–water partition coefficient (Wildman–Crippen LogP) is 5.07. The number of rotatable bonds is 7. The molecule has 0 radical (unpaired) electrons. The molecule has 0 aliphatic heterocycles. The molecule has 0 amide bonds. The van der Waals surface area contributed by atoms with E-state index in [-0.39, 0.29) is 0 Å². The van der Waals surface area contributed by atoms with E-state index in [1.165, 1.54) is 17.6 Å². The Bertz CT molecular complexity index is 215. The van der Waals surface area contributed by atoms with E-state index in [1.54, 1.807) is 0 Å². The van der Waals surface area contributed by atoms with Gasteiger partial charge in [0.1, 0.15) is 0 Å². The van der Waals surface area contributed by atoms with Gasteiger partial charge < -0.3 is 0 Å². The van der Waals surface area contributed by atoms with Crippen molar-refractivity contribution < 1.29 is 0 Å². The summed E-state index contributed by atoms with van der Waals surface area (Å²) in [4.78, 5) is 0. The van der Waals surface area contributed by atoms with Crippen LogP contribution in [0, 0.1) is 5.92 Å². The summed E-state index contributed by atoms with van der Waals surface area (Å²) in [6.07, 6.45) is 2.28. The molecule has 0 aliphatic rings. The number of hydrogen-bond acceptors (Lipinski definition) is 1. The van der Waals surface area contributed by atoms with Crippen molar-refractivity contribution in [1.29, 1.82) is 0 Å². The van der Waals surface area contributed by atoms with Gasteiger partial charge in [-0.3, -0.25) is 0 Å². The highest BCUT2D eigenvalue weighted by Crippen LogP contribution is 2.30. The Balaban J connectivity index is 4.29. The van der Waals surface area contributed by atoms with Crippen molar-refractivity contribution in [3.8, 4) is 0 Å². The van der Waals surface area contributed by atoms with E-state index in [4.69, 9.17) is 0 Å². The molecule has 1 heteroatoms. The molecule has 0 aromatic rings. The number of allylic oxidation sites excluding steroid dienone is 1. The molecule has 0 fully saturated rings. The fourth-order valence-corrected chi connectivity index (χ4v) is 2.59. The maximum Gasteiger partial charge on any atom is 0.0290 e. The minimum absolute atomic E-state index is 0.548. The lowest BCUT2D eigenvalue weighted by Crippen LogP contribution is -2.11. The molecular formula is C14H26S. The molecule has 88 valence electrons. The Morgan fingerprint density at radius 1 is 1.20 bits per heavy atom. The molecule has 0 heterocycles. The summed E-state index contributed by atoms with van der Waals surface area (Å²) < 4.78 is 0. The average molecular weight is 226 g/mol. The van der Waals surface area contributed by atoms with Gasteiger partial charge in [0.25, 0.3) is 0 Å². The van der Waals surface area contributed by atoms with E-state index in [1.807, 2.05) is 11.8 Å². The molecule has 0 bridgehead atoms.